The van der Waals surface area contributed by atoms with Crippen LogP contribution in [0.15, 0.2) is 42.5 Å². The van der Waals surface area contributed by atoms with E-state index in [4.69, 9.17) is 15.9 Å². The quantitative estimate of drug-likeness (QED) is 0.260. The smallest absolute Gasteiger partial charge is 0.305 e. The highest BCUT2D eigenvalue weighted by Gasteiger charge is 2.07. The van der Waals surface area contributed by atoms with E-state index in [0.717, 1.165) is 36.1 Å². The van der Waals surface area contributed by atoms with Gasteiger partial charge in [0.15, 0.2) is 0 Å². The first kappa shape index (κ1) is 22.3. The normalized spacial score (nSPS) is 9.96. The van der Waals surface area contributed by atoms with Crippen LogP contribution >= 0.6 is 12.4 Å². The second-order valence-corrected chi connectivity index (χ2v) is 5.91. The van der Waals surface area contributed by atoms with Crippen LogP contribution in [0, 0.1) is 5.41 Å². The Kier molecular flexibility index (Phi) is 9.16. The van der Waals surface area contributed by atoms with Crippen molar-refractivity contribution >= 4 is 24.2 Å². The molecule has 0 aliphatic carbocycles. The number of hydrogen-bond donors (Lipinski definition) is 3. The number of nitrogens with one attached hydrogen (secondary N) is 1. The maximum Gasteiger partial charge on any atom is 0.305 e. The third kappa shape index (κ3) is 6.83. The SMILES string of the molecule is COC(=O)CCCCCOc1ccc(-c2ccc(C(=N)N)c(O)c2)cc1.Cl. The highest BCUT2D eigenvalue weighted by Crippen LogP contribution is 2.27. The Morgan fingerprint density at radius 2 is 1.74 bits per heavy atom. The Balaban J connectivity index is 0.00000364. The predicted octanol–water partition coefficient (Wildman–Crippen LogP) is 3.88. The van der Waals surface area contributed by atoms with E-state index in [2.05, 4.69) is 4.74 Å². The van der Waals surface area contributed by atoms with Crippen molar-refractivity contribution in [3.8, 4) is 22.6 Å². The maximum absolute atomic E-state index is 11.0. The lowest BCUT2D eigenvalue weighted by atomic mass is 10.0. The molecule has 0 aromatic heterocycles. The summed E-state index contributed by atoms with van der Waals surface area (Å²) < 4.78 is 10.3. The number of halogens is 1. The van der Waals surface area contributed by atoms with E-state index >= 15 is 0 Å². The van der Waals surface area contributed by atoms with Gasteiger partial charge in [0.05, 0.1) is 19.3 Å². The van der Waals surface area contributed by atoms with Crippen LogP contribution in [0.4, 0.5) is 0 Å². The molecule has 0 atom stereocenters. The number of benzene rings is 2. The van der Waals surface area contributed by atoms with Crippen molar-refractivity contribution in [2.24, 2.45) is 5.73 Å². The molecule has 27 heavy (non-hydrogen) atoms. The van der Waals surface area contributed by atoms with Gasteiger partial charge in [-0.05, 0) is 54.7 Å². The van der Waals surface area contributed by atoms with Gasteiger partial charge in [0.1, 0.15) is 17.3 Å². The summed E-state index contributed by atoms with van der Waals surface area (Å²) in [6.45, 7) is 0.592. The number of ether oxygens (including phenoxy) is 2. The first-order valence-corrected chi connectivity index (χ1v) is 8.48. The van der Waals surface area contributed by atoms with Crippen molar-refractivity contribution in [3.05, 3.63) is 48.0 Å². The van der Waals surface area contributed by atoms with Gasteiger partial charge in [-0.15, -0.1) is 12.4 Å². The Labute approximate surface area is 165 Å². The third-order valence-corrected chi connectivity index (χ3v) is 4.00. The van der Waals surface area contributed by atoms with Crippen LogP contribution in [-0.4, -0.2) is 30.6 Å². The van der Waals surface area contributed by atoms with E-state index in [0.29, 0.717) is 18.6 Å². The van der Waals surface area contributed by atoms with Gasteiger partial charge < -0.3 is 20.3 Å². The Bertz CT molecular complexity index is 763. The molecule has 6 nitrogen and oxygen atoms in total. The first-order chi connectivity index (χ1) is 12.5. The minimum atomic E-state index is -0.177. The number of hydrogen-bond acceptors (Lipinski definition) is 5. The number of aromatic hydroxyl groups is 1. The van der Waals surface area contributed by atoms with Crippen LogP contribution < -0.4 is 10.5 Å². The van der Waals surface area contributed by atoms with Gasteiger partial charge in [-0.25, -0.2) is 0 Å². The summed E-state index contributed by atoms with van der Waals surface area (Å²) in [5.74, 6) is 0.418. The van der Waals surface area contributed by atoms with E-state index in [1.54, 1.807) is 12.1 Å². The Morgan fingerprint density at radius 1 is 1.07 bits per heavy atom. The van der Waals surface area contributed by atoms with Crippen LogP contribution in [0.3, 0.4) is 0 Å². The molecule has 2 aromatic rings. The second kappa shape index (κ2) is 11.1. The number of carbonyl (C=O) groups excluding carboxylic acids is 1. The van der Waals surface area contributed by atoms with E-state index in [-0.39, 0.29) is 30.0 Å². The van der Waals surface area contributed by atoms with Crippen LogP contribution in [-0.2, 0) is 9.53 Å². The number of esters is 1. The van der Waals surface area contributed by atoms with Gasteiger partial charge in [-0.2, -0.15) is 0 Å². The lowest BCUT2D eigenvalue weighted by Gasteiger charge is -2.09. The van der Waals surface area contributed by atoms with Crippen LogP contribution in [0.5, 0.6) is 11.5 Å². The molecule has 0 aliphatic rings. The number of amidine groups is 1. The average molecular weight is 393 g/mol. The van der Waals surface area contributed by atoms with Crippen molar-refractivity contribution in [2.75, 3.05) is 13.7 Å². The molecule has 0 amide bonds. The molecule has 0 spiro atoms. The molecule has 7 heteroatoms. The fourth-order valence-electron chi connectivity index (χ4n) is 2.52. The zero-order chi connectivity index (χ0) is 18.9. The van der Waals surface area contributed by atoms with Crippen LogP contribution in [0.25, 0.3) is 11.1 Å². The maximum atomic E-state index is 11.0. The van der Waals surface area contributed by atoms with Crippen molar-refractivity contribution < 1.29 is 19.4 Å². The topological polar surface area (TPSA) is 106 Å². The summed E-state index contributed by atoms with van der Waals surface area (Å²) in [5.41, 5.74) is 7.49. The molecule has 0 bridgehead atoms. The molecule has 4 N–H and O–H groups in total. The van der Waals surface area contributed by atoms with Crippen LogP contribution in [0.1, 0.15) is 31.2 Å². The standard InChI is InChI=1S/C20H24N2O4.ClH/c1-25-19(24)5-3-2-4-12-26-16-9-6-14(7-10-16)15-8-11-17(20(21)22)18(23)13-15;/h6-11,13,23H,2-5,12H2,1H3,(H3,21,22);1H. The third-order valence-electron chi connectivity index (χ3n) is 4.00. The average Bonchev–Trinajstić information content (AvgIpc) is 2.64. The predicted molar refractivity (Wildman–Crippen MR) is 108 cm³/mol. The van der Waals surface area contributed by atoms with Crippen LogP contribution in [0.2, 0.25) is 0 Å². The van der Waals surface area contributed by atoms with Crippen molar-refractivity contribution in [1.29, 1.82) is 5.41 Å². The minimum Gasteiger partial charge on any atom is -0.507 e. The summed E-state index contributed by atoms with van der Waals surface area (Å²) in [4.78, 5) is 11.0. The van der Waals surface area contributed by atoms with E-state index < -0.39 is 0 Å². The Hall–Kier alpha value is -2.73. The van der Waals surface area contributed by atoms with Crippen molar-refractivity contribution in [3.63, 3.8) is 0 Å². The number of rotatable bonds is 9. The van der Waals surface area contributed by atoms with Gasteiger partial charge in [0.2, 0.25) is 0 Å². The molecule has 2 aromatic carbocycles. The molecule has 146 valence electrons. The summed E-state index contributed by atoms with van der Waals surface area (Å²) in [6, 6.07) is 12.6. The lowest BCUT2D eigenvalue weighted by Crippen LogP contribution is -2.10. The number of carbonyl (C=O) groups is 1. The Morgan fingerprint density at radius 3 is 2.33 bits per heavy atom. The summed E-state index contributed by atoms with van der Waals surface area (Å²) in [5, 5.41) is 17.3. The van der Waals surface area contributed by atoms with Gasteiger partial charge in [0.25, 0.3) is 0 Å². The molecule has 0 fully saturated rings. The number of nitrogens with two attached hydrogens (primary N) is 1. The molecule has 0 heterocycles. The number of nitrogen functional groups attached to an aromatic ring is 1. The zero-order valence-electron chi connectivity index (χ0n) is 15.2. The molecule has 0 saturated heterocycles. The van der Waals surface area contributed by atoms with Gasteiger partial charge in [-0.1, -0.05) is 18.2 Å². The summed E-state index contributed by atoms with van der Waals surface area (Å²) in [7, 11) is 1.40. The van der Waals surface area contributed by atoms with Crippen molar-refractivity contribution in [2.45, 2.75) is 25.7 Å². The van der Waals surface area contributed by atoms with E-state index in [9.17, 15) is 9.90 Å². The molecular formula is C20H25ClN2O4. The monoisotopic (exact) mass is 392 g/mol. The second-order valence-electron chi connectivity index (χ2n) is 5.91. The van der Waals surface area contributed by atoms with Gasteiger partial charge in [0, 0.05) is 6.42 Å². The minimum absolute atomic E-state index is 0. The first-order valence-electron chi connectivity index (χ1n) is 8.48. The molecule has 2 rings (SSSR count). The number of phenols is 1. The fraction of sp³-hybridized carbons (Fsp3) is 0.300. The number of methoxy groups -OCH3 is 1. The van der Waals surface area contributed by atoms with Gasteiger partial charge in [-0.3, -0.25) is 10.2 Å². The highest BCUT2D eigenvalue weighted by molar-refractivity contribution is 5.98. The molecule has 0 radical (unpaired) electrons. The molecular weight excluding hydrogens is 368 g/mol. The molecule has 0 saturated carbocycles. The molecule has 0 aliphatic heterocycles. The lowest BCUT2D eigenvalue weighted by molar-refractivity contribution is -0.140. The summed E-state index contributed by atoms with van der Waals surface area (Å²) in [6.07, 6.45) is 3.03. The zero-order valence-corrected chi connectivity index (χ0v) is 16.1. The number of phenolic OH excluding ortho intramolecular Hbond substituents is 1. The van der Waals surface area contributed by atoms with Crippen molar-refractivity contribution in [1.82, 2.24) is 0 Å². The number of unbranched alkanes of at least 4 members (excludes halogenated alkanes) is 2. The largest absolute Gasteiger partial charge is 0.507 e. The molecule has 0 unspecified atom stereocenters. The summed E-state index contributed by atoms with van der Waals surface area (Å²) >= 11 is 0. The van der Waals surface area contributed by atoms with Gasteiger partial charge >= 0.3 is 5.97 Å². The van der Waals surface area contributed by atoms with E-state index in [1.807, 2.05) is 30.3 Å². The highest BCUT2D eigenvalue weighted by atomic mass is 35.5. The van der Waals surface area contributed by atoms with E-state index in [1.165, 1.54) is 7.11 Å². The fourth-order valence-corrected chi connectivity index (χ4v) is 2.52.